The maximum atomic E-state index is 13.3. The SMILES string of the molecule is CC(C)(O)c1ncc([S@@](=O)(=NC(=O)Cc2c3c(cc4c2CC4)CCC3)NC#N)s1. The van der Waals surface area contributed by atoms with Crippen molar-refractivity contribution in [2.75, 3.05) is 0 Å². The fourth-order valence-corrected chi connectivity index (χ4v) is 6.44. The van der Waals surface area contributed by atoms with Crippen molar-refractivity contribution in [3.63, 3.8) is 0 Å². The minimum absolute atomic E-state index is 0.0900. The van der Waals surface area contributed by atoms with E-state index in [4.69, 9.17) is 5.26 Å². The second-order valence-electron chi connectivity index (χ2n) is 7.93. The van der Waals surface area contributed by atoms with Gasteiger partial charge in [0, 0.05) is 0 Å². The monoisotopic (exact) mass is 430 g/mol. The lowest BCUT2D eigenvalue weighted by molar-refractivity contribution is -0.117. The van der Waals surface area contributed by atoms with Crippen molar-refractivity contribution in [2.45, 2.75) is 62.2 Å². The predicted octanol–water partition coefficient (Wildman–Crippen LogP) is 2.54. The van der Waals surface area contributed by atoms with Gasteiger partial charge in [-0.15, -0.1) is 15.7 Å². The van der Waals surface area contributed by atoms with Gasteiger partial charge in [-0.1, -0.05) is 6.07 Å². The molecule has 2 aliphatic carbocycles. The van der Waals surface area contributed by atoms with E-state index < -0.39 is 21.4 Å². The minimum Gasteiger partial charge on any atom is -0.383 e. The molecule has 2 N–H and O–H groups in total. The number of rotatable bonds is 5. The van der Waals surface area contributed by atoms with Gasteiger partial charge in [0.05, 0.1) is 12.6 Å². The minimum atomic E-state index is -3.49. The Bertz CT molecular complexity index is 1160. The van der Waals surface area contributed by atoms with Crippen LogP contribution in [0.3, 0.4) is 0 Å². The molecule has 0 saturated heterocycles. The van der Waals surface area contributed by atoms with Crippen LogP contribution in [0.4, 0.5) is 0 Å². The molecule has 29 heavy (non-hydrogen) atoms. The van der Waals surface area contributed by atoms with Gasteiger partial charge in [-0.2, -0.15) is 5.26 Å². The molecule has 1 aromatic carbocycles. The van der Waals surface area contributed by atoms with Gasteiger partial charge in [0.25, 0.3) is 5.91 Å². The van der Waals surface area contributed by atoms with E-state index in [1.165, 1.54) is 28.5 Å². The summed E-state index contributed by atoms with van der Waals surface area (Å²) in [4.78, 5) is 16.9. The lowest BCUT2D eigenvalue weighted by Gasteiger charge is -2.25. The van der Waals surface area contributed by atoms with Crippen molar-refractivity contribution in [1.82, 2.24) is 9.71 Å². The molecule has 0 bridgehead atoms. The summed E-state index contributed by atoms with van der Waals surface area (Å²) >= 11 is 0.976. The lowest BCUT2D eigenvalue weighted by Crippen LogP contribution is -2.21. The fraction of sp³-hybridized carbons (Fsp3) is 0.450. The molecule has 0 unspecified atom stereocenters. The van der Waals surface area contributed by atoms with Crippen LogP contribution in [0.15, 0.2) is 20.8 Å². The smallest absolute Gasteiger partial charge is 0.259 e. The van der Waals surface area contributed by atoms with Crippen molar-refractivity contribution in [2.24, 2.45) is 4.36 Å². The summed E-state index contributed by atoms with van der Waals surface area (Å²) in [5.41, 5.74) is 4.92. The molecule has 152 valence electrons. The third-order valence-corrected chi connectivity index (χ3v) is 8.90. The summed E-state index contributed by atoms with van der Waals surface area (Å²) in [5.74, 6) is -0.523. The maximum Gasteiger partial charge on any atom is 0.259 e. The number of hydrogen-bond acceptors (Lipinski definition) is 6. The molecule has 0 saturated carbocycles. The van der Waals surface area contributed by atoms with Gasteiger partial charge < -0.3 is 5.11 Å². The second kappa shape index (κ2) is 7.20. The Balaban J connectivity index is 1.69. The molecular formula is C20H22N4O3S2. The Hall–Kier alpha value is -2.28. The Morgan fingerprint density at radius 3 is 2.69 bits per heavy atom. The van der Waals surface area contributed by atoms with E-state index in [9.17, 15) is 14.1 Å². The van der Waals surface area contributed by atoms with E-state index in [0.717, 1.165) is 49.0 Å². The van der Waals surface area contributed by atoms with Crippen LogP contribution in [-0.4, -0.2) is 20.2 Å². The third-order valence-electron chi connectivity index (χ3n) is 5.39. The Kier molecular flexibility index (Phi) is 4.97. The number of aryl methyl sites for hydroxylation is 2. The van der Waals surface area contributed by atoms with Crippen molar-refractivity contribution in [3.8, 4) is 6.19 Å². The van der Waals surface area contributed by atoms with Gasteiger partial charge in [0.15, 0.2) is 16.1 Å². The molecule has 1 amide bonds. The van der Waals surface area contributed by atoms with Gasteiger partial charge in [-0.3, -0.25) is 4.79 Å². The molecule has 0 aliphatic heterocycles. The molecule has 0 fully saturated rings. The first kappa shape index (κ1) is 20.0. The average molecular weight is 431 g/mol. The quantitative estimate of drug-likeness (QED) is 0.559. The van der Waals surface area contributed by atoms with Crippen molar-refractivity contribution in [1.29, 1.82) is 5.26 Å². The summed E-state index contributed by atoms with van der Waals surface area (Å²) in [5, 5.41) is 19.5. The molecule has 2 aromatic rings. The van der Waals surface area contributed by atoms with E-state index in [-0.39, 0.29) is 10.6 Å². The normalized spacial score (nSPS) is 16.8. The van der Waals surface area contributed by atoms with Gasteiger partial charge in [-0.05, 0) is 73.8 Å². The number of fused-ring (bicyclic) bond motifs is 2. The van der Waals surface area contributed by atoms with Crippen LogP contribution >= 0.6 is 11.3 Å². The standard InChI is InChI=1S/C20H22N4O3S2/c1-20(2,26)19-22-10-18(28-19)29(27,23-11-21)24-17(25)9-16-14-5-3-4-12(14)8-13-6-7-15(13)16/h8,10,26H,3-7,9H2,1-2H3,(H,23,24,25,27)/t29-/m0/s1. The third kappa shape index (κ3) is 3.68. The number of aliphatic hydroxyl groups is 1. The van der Waals surface area contributed by atoms with Crippen LogP contribution in [0.25, 0.3) is 0 Å². The number of nitrogens with one attached hydrogen (secondary N) is 1. The predicted molar refractivity (Wildman–Crippen MR) is 110 cm³/mol. The first-order valence-electron chi connectivity index (χ1n) is 9.51. The molecular weight excluding hydrogens is 408 g/mol. The summed E-state index contributed by atoms with van der Waals surface area (Å²) in [6.45, 7) is 3.12. The van der Waals surface area contributed by atoms with Crippen LogP contribution in [0.2, 0.25) is 0 Å². The van der Waals surface area contributed by atoms with E-state index >= 15 is 0 Å². The maximum absolute atomic E-state index is 13.3. The molecule has 2 aliphatic rings. The van der Waals surface area contributed by atoms with E-state index in [2.05, 4.69) is 20.1 Å². The number of carbonyl (C=O) groups is 1. The van der Waals surface area contributed by atoms with E-state index in [1.54, 1.807) is 20.0 Å². The number of benzene rings is 1. The summed E-state index contributed by atoms with van der Waals surface area (Å²) in [6.07, 6.45) is 8.11. The number of thiazole rings is 1. The second-order valence-corrected chi connectivity index (χ2v) is 11.1. The summed E-state index contributed by atoms with van der Waals surface area (Å²) in [7, 11) is -3.49. The van der Waals surface area contributed by atoms with Gasteiger partial charge in [0.2, 0.25) is 0 Å². The molecule has 7 nitrogen and oxygen atoms in total. The summed E-state index contributed by atoms with van der Waals surface area (Å²) in [6, 6.07) is 2.27. The summed E-state index contributed by atoms with van der Waals surface area (Å²) < 4.78 is 19.6. The zero-order valence-corrected chi connectivity index (χ0v) is 18.0. The largest absolute Gasteiger partial charge is 0.383 e. The van der Waals surface area contributed by atoms with Gasteiger partial charge in [-0.25, -0.2) is 13.9 Å². The Morgan fingerprint density at radius 1 is 1.34 bits per heavy atom. The number of aromatic nitrogens is 1. The molecule has 0 spiro atoms. The van der Waals surface area contributed by atoms with Crippen LogP contribution in [-0.2, 0) is 52.4 Å². The fourth-order valence-electron chi connectivity index (χ4n) is 3.95. The van der Waals surface area contributed by atoms with Crippen molar-refractivity contribution < 1.29 is 14.1 Å². The van der Waals surface area contributed by atoms with Gasteiger partial charge in [0.1, 0.15) is 14.8 Å². The number of amides is 1. The average Bonchev–Trinajstić information content (AvgIpc) is 3.26. The van der Waals surface area contributed by atoms with E-state index in [0.29, 0.717) is 5.01 Å². The topological polar surface area (TPSA) is 115 Å². The van der Waals surface area contributed by atoms with Crippen LogP contribution in [0, 0.1) is 11.5 Å². The Labute approximate surface area is 174 Å². The van der Waals surface area contributed by atoms with Crippen LogP contribution < -0.4 is 4.72 Å². The number of hydrogen-bond donors (Lipinski definition) is 2. The zero-order valence-electron chi connectivity index (χ0n) is 16.3. The van der Waals surface area contributed by atoms with Crippen molar-refractivity contribution in [3.05, 3.63) is 45.1 Å². The van der Waals surface area contributed by atoms with Crippen LogP contribution in [0.5, 0.6) is 0 Å². The van der Waals surface area contributed by atoms with E-state index in [1.807, 2.05) is 0 Å². The molecule has 0 radical (unpaired) electrons. The first-order chi connectivity index (χ1) is 13.7. The molecule has 4 rings (SSSR count). The molecule has 1 heterocycles. The molecule has 9 heteroatoms. The highest BCUT2D eigenvalue weighted by molar-refractivity contribution is 7.94. The van der Waals surface area contributed by atoms with Gasteiger partial charge >= 0.3 is 0 Å². The highest BCUT2D eigenvalue weighted by atomic mass is 32.2. The van der Waals surface area contributed by atoms with Crippen molar-refractivity contribution >= 4 is 27.2 Å². The molecule has 1 aromatic heterocycles. The zero-order chi connectivity index (χ0) is 20.8. The Morgan fingerprint density at radius 2 is 2.07 bits per heavy atom. The highest BCUT2D eigenvalue weighted by Gasteiger charge is 2.28. The lowest BCUT2D eigenvalue weighted by atomic mass is 9.80. The highest BCUT2D eigenvalue weighted by Crippen LogP contribution is 2.36. The number of nitriles is 1. The molecule has 1 atom stereocenters. The number of carbonyl (C=O) groups excluding carboxylic acids is 1. The number of nitrogens with zero attached hydrogens (tertiary/aromatic N) is 3. The first-order valence-corrected chi connectivity index (χ1v) is 11.8. The van der Waals surface area contributed by atoms with Crippen LogP contribution in [0.1, 0.15) is 53.1 Å².